The molecule has 7 heteroatoms. The van der Waals surface area contributed by atoms with Crippen LogP contribution in [0.2, 0.25) is 0 Å². The van der Waals surface area contributed by atoms with Gasteiger partial charge < -0.3 is 19.5 Å². The van der Waals surface area contributed by atoms with Crippen molar-refractivity contribution in [3.63, 3.8) is 0 Å². The van der Waals surface area contributed by atoms with E-state index in [9.17, 15) is 9.59 Å². The highest BCUT2D eigenvalue weighted by Gasteiger charge is 2.26. The highest BCUT2D eigenvalue weighted by atomic mass is 16.6. The van der Waals surface area contributed by atoms with E-state index in [0.29, 0.717) is 44.2 Å². The van der Waals surface area contributed by atoms with E-state index in [4.69, 9.17) is 4.74 Å². The van der Waals surface area contributed by atoms with Crippen molar-refractivity contribution >= 4 is 12.0 Å². The van der Waals surface area contributed by atoms with Gasteiger partial charge in [-0.2, -0.15) is 0 Å². The smallest absolute Gasteiger partial charge is 0.409 e. The molecule has 7 nitrogen and oxygen atoms in total. The first-order chi connectivity index (χ1) is 11.7. The van der Waals surface area contributed by atoms with Gasteiger partial charge in [0.05, 0.1) is 12.2 Å². The standard InChI is InChI=1S/C17H20N4O3/c1-2-24-17(23)21-11-9-20(10-12-21)16(22)14-6-4-3-5-13(14)15-18-7-8-19-15/h3-8H,2,9-12H2,1H3,(H,18,19). The monoisotopic (exact) mass is 328 g/mol. The number of carbonyl (C=O) groups is 2. The van der Waals surface area contributed by atoms with Gasteiger partial charge in [-0.25, -0.2) is 9.78 Å². The number of hydrogen-bond acceptors (Lipinski definition) is 4. The van der Waals surface area contributed by atoms with Crippen molar-refractivity contribution in [2.75, 3.05) is 32.8 Å². The molecule has 2 aromatic rings. The van der Waals surface area contributed by atoms with Gasteiger partial charge in [-0.3, -0.25) is 4.79 Å². The van der Waals surface area contributed by atoms with Crippen LogP contribution in [0.1, 0.15) is 17.3 Å². The molecule has 2 heterocycles. The minimum Gasteiger partial charge on any atom is -0.450 e. The fraction of sp³-hybridized carbons (Fsp3) is 0.353. The van der Waals surface area contributed by atoms with Crippen LogP contribution in [0.3, 0.4) is 0 Å². The third-order valence-electron chi connectivity index (χ3n) is 4.00. The van der Waals surface area contributed by atoms with Crippen LogP contribution < -0.4 is 0 Å². The molecule has 0 spiro atoms. The lowest BCUT2D eigenvalue weighted by atomic mass is 10.1. The molecule has 0 bridgehead atoms. The summed E-state index contributed by atoms with van der Waals surface area (Å²) in [4.78, 5) is 35.3. The predicted octanol–water partition coefficient (Wildman–Crippen LogP) is 1.99. The predicted molar refractivity (Wildman–Crippen MR) is 88.5 cm³/mol. The molecule has 1 fully saturated rings. The Morgan fingerprint density at radius 3 is 2.54 bits per heavy atom. The maximum atomic E-state index is 12.9. The minimum absolute atomic E-state index is 0.0505. The molecule has 0 atom stereocenters. The van der Waals surface area contributed by atoms with Crippen molar-refractivity contribution in [1.29, 1.82) is 0 Å². The molecule has 0 aliphatic carbocycles. The molecule has 0 unspecified atom stereocenters. The largest absolute Gasteiger partial charge is 0.450 e. The Morgan fingerprint density at radius 2 is 1.88 bits per heavy atom. The molecule has 0 saturated carbocycles. The maximum absolute atomic E-state index is 12.9. The molecule has 0 radical (unpaired) electrons. The van der Waals surface area contributed by atoms with Gasteiger partial charge in [-0.15, -0.1) is 0 Å². The topological polar surface area (TPSA) is 78.5 Å². The number of carbonyl (C=O) groups excluding carboxylic acids is 2. The number of aromatic amines is 1. The van der Waals surface area contributed by atoms with E-state index in [-0.39, 0.29) is 12.0 Å². The van der Waals surface area contributed by atoms with Crippen molar-refractivity contribution < 1.29 is 14.3 Å². The van der Waals surface area contributed by atoms with E-state index >= 15 is 0 Å². The Balaban J connectivity index is 1.72. The lowest BCUT2D eigenvalue weighted by Crippen LogP contribution is -2.50. The molecule has 1 aliphatic rings. The summed E-state index contributed by atoms with van der Waals surface area (Å²) in [5.74, 6) is 0.620. The molecular formula is C17H20N4O3. The zero-order chi connectivity index (χ0) is 16.9. The van der Waals surface area contributed by atoms with Crippen LogP contribution in [0.15, 0.2) is 36.7 Å². The highest BCUT2D eigenvalue weighted by Crippen LogP contribution is 2.22. The Bertz CT molecular complexity index is 706. The van der Waals surface area contributed by atoms with Crippen molar-refractivity contribution in [3.8, 4) is 11.4 Å². The van der Waals surface area contributed by atoms with E-state index in [0.717, 1.165) is 5.56 Å². The van der Waals surface area contributed by atoms with E-state index in [1.54, 1.807) is 35.2 Å². The maximum Gasteiger partial charge on any atom is 0.409 e. The Morgan fingerprint density at radius 1 is 1.17 bits per heavy atom. The summed E-state index contributed by atoms with van der Waals surface area (Å²) in [6, 6.07) is 7.40. The zero-order valence-corrected chi connectivity index (χ0v) is 13.6. The van der Waals surface area contributed by atoms with Crippen LogP contribution in [0, 0.1) is 0 Å². The number of amides is 2. The van der Waals surface area contributed by atoms with Gasteiger partial charge in [0.1, 0.15) is 5.82 Å². The number of imidazole rings is 1. The number of piperazine rings is 1. The highest BCUT2D eigenvalue weighted by molar-refractivity contribution is 6.00. The first-order valence-corrected chi connectivity index (χ1v) is 8.00. The van der Waals surface area contributed by atoms with Crippen LogP contribution in [0.5, 0.6) is 0 Å². The van der Waals surface area contributed by atoms with E-state index < -0.39 is 0 Å². The Hall–Kier alpha value is -2.83. The second-order valence-electron chi connectivity index (χ2n) is 5.46. The van der Waals surface area contributed by atoms with Gasteiger partial charge in [-0.05, 0) is 13.0 Å². The third kappa shape index (κ3) is 3.24. The quantitative estimate of drug-likeness (QED) is 0.934. The van der Waals surface area contributed by atoms with Gasteiger partial charge in [0, 0.05) is 44.1 Å². The number of hydrogen-bond donors (Lipinski definition) is 1. The molecule has 1 aromatic carbocycles. The molecule has 3 rings (SSSR count). The van der Waals surface area contributed by atoms with E-state index in [2.05, 4.69) is 9.97 Å². The van der Waals surface area contributed by atoms with Crippen molar-refractivity contribution in [2.24, 2.45) is 0 Å². The Labute approximate surface area is 140 Å². The molecule has 1 saturated heterocycles. The summed E-state index contributed by atoms with van der Waals surface area (Å²) >= 11 is 0. The van der Waals surface area contributed by atoms with E-state index in [1.807, 2.05) is 18.2 Å². The summed E-state index contributed by atoms with van der Waals surface area (Å²) < 4.78 is 5.00. The molecule has 2 amide bonds. The van der Waals surface area contributed by atoms with Gasteiger partial charge >= 0.3 is 6.09 Å². The van der Waals surface area contributed by atoms with Crippen molar-refractivity contribution in [3.05, 3.63) is 42.2 Å². The lowest BCUT2D eigenvalue weighted by molar-refractivity contribution is 0.0571. The molecular weight excluding hydrogens is 308 g/mol. The van der Waals surface area contributed by atoms with Crippen LogP contribution in [-0.4, -0.2) is 64.6 Å². The first kappa shape index (κ1) is 16.0. The summed E-state index contributed by atoms with van der Waals surface area (Å²) in [5.41, 5.74) is 1.39. The minimum atomic E-state index is -0.319. The van der Waals surface area contributed by atoms with E-state index in [1.165, 1.54) is 0 Å². The third-order valence-corrected chi connectivity index (χ3v) is 4.00. The van der Waals surface area contributed by atoms with Crippen LogP contribution in [0.4, 0.5) is 4.79 Å². The first-order valence-electron chi connectivity index (χ1n) is 8.00. The number of rotatable bonds is 3. The normalized spacial score (nSPS) is 14.5. The molecule has 24 heavy (non-hydrogen) atoms. The van der Waals surface area contributed by atoms with Crippen LogP contribution in [-0.2, 0) is 4.74 Å². The second-order valence-corrected chi connectivity index (χ2v) is 5.46. The SMILES string of the molecule is CCOC(=O)N1CCN(C(=O)c2ccccc2-c2ncc[nH]2)CC1. The van der Waals surface area contributed by atoms with Gasteiger partial charge in [0.2, 0.25) is 0 Å². The van der Waals surface area contributed by atoms with Gasteiger partial charge in [0.15, 0.2) is 0 Å². The molecule has 1 aromatic heterocycles. The van der Waals surface area contributed by atoms with Gasteiger partial charge in [0.25, 0.3) is 5.91 Å². The lowest BCUT2D eigenvalue weighted by Gasteiger charge is -2.34. The van der Waals surface area contributed by atoms with Crippen LogP contribution >= 0.6 is 0 Å². The average molecular weight is 328 g/mol. The average Bonchev–Trinajstić information content (AvgIpc) is 3.16. The summed E-state index contributed by atoms with van der Waals surface area (Å²) in [6.07, 6.45) is 3.07. The molecule has 1 aliphatic heterocycles. The van der Waals surface area contributed by atoms with Crippen molar-refractivity contribution in [1.82, 2.24) is 19.8 Å². The summed E-state index contributed by atoms with van der Waals surface area (Å²) in [6.45, 7) is 4.08. The zero-order valence-electron chi connectivity index (χ0n) is 13.6. The number of benzene rings is 1. The summed E-state index contributed by atoms with van der Waals surface area (Å²) in [5, 5.41) is 0. The number of nitrogens with one attached hydrogen (secondary N) is 1. The van der Waals surface area contributed by atoms with Crippen molar-refractivity contribution in [2.45, 2.75) is 6.92 Å². The fourth-order valence-electron chi connectivity index (χ4n) is 2.77. The van der Waals surface area contributed by atoms with Crippen LogP contribution in [0.25, 0.3) is 11.4 Å². The fourth-order valence-corrected chi connectivity index (χ4v) is 2.77. The number of aromatic nitrogens is 2. The molecule has 1 N–H and O–H groups in total. The summed E-state index contributed by atoms with van der Waals surface area (Å²) in [7, 11) is 0. The number of nitrogens with zero attached hydrogens (tertiary/aromatic N) is 3. The number of H-pyrrole nitrogens is 1. The second kappa shape index (κ2) is 7.16. The van der Waals surface area contributed by atoms with Gasteiger partial charge in [-0.1, -0.05) is 18.2 Å². The Kier molecular flexibility index (Phi) is 4.79. The number of ether oxygens (including phenoxy) is 1. The molecule has 126 valence electrons.